The molecule has 0 aromatic heterocycles. The van der Waals surface area contributed by atoms with Crippen molar-refractivity contribution in [2.75, 3.05) is 20.3 Å². The third kappa shape index (κ3) is 2.15. The number of aliphatic hydroxyl groups is 1. The molecule has 100 valence electrons. The lowest BCUT2D eigenvalue weighted by Gasteiger charge is -2.34. The Morgan fingerprint density at radius 2 is 2.39 bits per heavy atom. The molecule has 2 rings (SSSR count). The van der Waals surface area contributed by atoms with Gasteiger partial charge < -0.3 is 19.3 Å². The molecule has 0 aromatic carbocycles. The van der Waals surface area contributed by atoms with Crippen molar-refractivity contribution in [3.63, 3.8) is 0 Å². The maximum absolute atomic E-state index is 11.7. The van der Waals surface area contributed by atoms with E-state index in [1.54, 1.807) is 0 Å². The zero-order valence-corrected chi connectivity index (χ0v) is 10.6. The Bertz CT molecular complexity index is 385. The number of ether oxygens (including phenoxy) is 3. The first-order valence-corrected chi connectivity index (χ1v) is 6.08. The Kier molecular flexibility index (Phi) is 4.04. The average Bonchev–Trinajstić information content (AvgIpc) is 2.82. The van der Waals surface area contributed by atoms with Crippen LogP contribution in [-0.4, -0.2) is 37.7 Å². The molecule has 1 aliphatic carbocycles. The van der Waals surface area contributed by atoms with E-state index in [0.29, 0.717) is 18.6 Å². The van der Waals surface area contributed by atoms with Crippen LogP contribution in [0.5, 0.6) is 0 Å². The average molecular weight is 254 g/mol. The van der Waals surface area contributed by atoms with E-state index in [4.69, 9.17) is 14.2 Å². The lowest BCUT2D eigenvalue weighted by atomic mass is 9.83. The first kappa shape index (κ1) is 13.1. The Balaban J connectivity index is 2.25. The second kappa shape index (κ2) is 5.54. The lowest BCUT2D eigenvalue weighted by molar-refractivity contribution is -0.154. The van der Waals surface area contributed by atoms with Gasteiger partial charge >= 0.3 is 5.97 Å². The maximum atomic E-state index is 11.7. The van der Waals surface area contributed by atoms with Gasteiger partial charge in [0.1, 0.15) is 0 Å². The van der Waals surface area contributed by atoms with Crippen LogP contribution in [0, 0.1) is 11.8 Å². The second-order valence-corrected chi connectivity index (χ2v) is 4.33. The molecule has 0 aromatic rings. The largest absolute Gasteiger partial charge is 0.471 e. The van der Waals surface area contributed by atoms with Gasteiger partial charge in [-0.05, 0) is 18.9 Å². The molecule has 1 aliphatic heterocycles. The van der Waals surface area contributed by atoms with E-state index in [0.717, 1.165) is 5.57 Å². The van der Waals surface area contributed by atoms with Crippen molar-refractivity contribution in [1.82, 2.24) is 0 Å². The van der Waals surface area contributed by atoms with Crippen LogP contribution in [-0.2, 0) is 19.0 Å². The van der Waals surface area contributed by atoms with Crippen molar-refractivity contribution < 1.29 is 24.1 Å². The van der Waals surface area contributed by atoms with E-state index < -0.39 is 6.29 Å². The van der Waals surface area contributed by atoms with Crippen molar-refractivity contribution in [2.45, 2.75) is 19.6 Å². The molecule has 0 bridgehead atoms. The van der Waals surface area contributed by atoms with Crippen LogP contribution >= 0.6 is 0 Å². The van der Waals surface area contributed by atoms with Gasteiger partial charge in [0.2, 0.25) is 6.29 Å². The molecule has 0 saturated carbocycles. The van der Waals surface area contributed by atoms with Crippen LogP contribution in [0.4, 0.5) is 0 Å². The topological polar surface area (TPSA) is 65.0 Å². The fourth-order valence-electron chi connectivity index (χ4n) is 2.61. The summed E-state index contributed by atoms with van der Waals surface area (Å²) in [4.78, 5) is 11.7. The van der Waals surface area contributed by atoms with E-state index in [1.807, 2.05) is 13.0 Å². The van der Waals surface area contributed by atoms with Crippen molar-refractivity contribution in [2.24, 2.45) is 11.8 Å². The minimum atomic E-state index is -0.436. The third-order valence-corrected chi connectivity index (χ3v) is 3.45. The Morgan fingerprint density at radius 1 is 1.61 bits per heavy atom. The van der Waals surface area contributed by atoms with Gasteiger partial charge in [-0.1, -0.05) is 6.08 Å². The summed E-state index contributed by atoms with van der Waals surface area (Å²) in [5.74, 6) is -0.508. The first-order valence-electron chi connectivity index (χ1n) is 6.08. The van der Waals surface area contributed by atoms with Crippen molar-refractivity contribution in [3.05, 3.63) is 23.5 Å². The molecule has 0 saturated heterocycles. The highest BCUT2D eigenvalue weighted by atomic mass is 16.7. The Morgan fingerprint density at radius 3 is 3.00 bits per heavy atom. The number of carbonyl (C=O) groups is 1. The highest BCUT2D eigenvalue weighted by Gasteiger charge is 2.44. The highest BCUT2D eigenvalue weighted by molar-refractivity contribution is 5.89. The van der Waals surface area contributed by atoms with E-state index in [-0.39, 0.29) is 24.4 Å². The number of methoxy groups -OCH3 is 1. The number of fused-ring (bicyclic) bond motifs is 1. The quantitative estimate of drug-likeness (QED) is 0.598. The molecule has 3 atom stereocenters. The number of rotatable bonds is 4. The maximum Gasteiger partial charge on any atom is 0.337 e. The highest BCUT2D eigenvalue weighted by Crippen LogP contribution is 2.43. The third-order valence-electron chi connectivity index (χ3n) is 3.45. The summed E-state index contributed by atoms with van der Waals surface area (Å²) in [6.07, 6.45) is 3.65. The van der Waals surface area contributed by atoms with Crippen molar-refractivity contribution >= 4 is 5.97 Å². The van der Waals surface area contributed by atoms with Gasteiger partial charge in [-0.15, -0.1) is 0 Å². The van der Waals surface area contributed by atoms with Crippen LogP contribution < -0.4 is 0 Å². The van der Waals surface area contributed by atoms with E-state index >= 15 is 0 Å². The Hall–Kier alpha value is -1.33. The number of hydrogen-bond acceptors (Lipinski definition) is 5. The molecule has 2 aliphatic rings. The van der Waals surface area contributed by atoms with Gasteiger partial charge in [0.05, 0.1) is 31.5 Å². The first-order chi connectivity index (χ1) is 8.72. The van der Waals surface area contributed by atoms with Crippen LogP contribution in [0.1, 0.15) is 13.3 Å². The summed E-state index contributed by atoms with van der Waals surface area (Å²) in [5, 5.41) is 9.36. The SMILES string of the molecule is CCOC1OC=C(C(=O)OC)[C@H]2CC=C(CO)[C@@H]12. The van der Waals surface area contributed by atoms with Crippen LogP contribution in [0.25, 0.3) is 0 Å². The van der Waals surface area contributed by atoms with Gasteiger partial charge in [0, 0.05) is 12.5 Å². The molecule has 0 spiro atoms. The molecule has 1 unspecified atom stereocenters. The van der Waals surface area contributed by atoms with Gasteiger partial charge in [0.25, 0.3) is 0 Å². The molecule has 0 amide bonds. The fraction of sp³-hybridized carbons (Fsp3) is 0.615. The molecular weight excluding hydrogens is 236 g/mol. The molecule has 1 heterocycles. The number of hydrogen-bond donors (Lipinski definition) is 1. The molecule has 1 N–H and O–H groups in total. The summed E-state index contributed by atoms with van der Waals surface area (Å²) in [5.41, 5.74) is 1.38. The van der Waals surface area contributed by atoms with Gasteiger partial charge in [0.15, 0.2) is 0 Å². The number of aliphatic hydroxyl groups excluding tert-OH is 1. The summed E-state index contributed by atoms with van der Waals surface area (Å²) >= 11 is 0. The number of esters is 1. The zero-order valence-electron chi connectivity index (χ0n) is 10.6. The van der Waals surface area contributed by atoms with E-state index in [9.17, 15) is 9.90 Å². The lowest BCUT2D eigenvalue weighted by Crippen LogP contribution is -2.37. The zero-order chi connectivity index (χ0) is 13.1. The van der Waals surface area contributed by atoms with E-state index in [1.165, 1.54) is 13.4 Å². The predicted molar refractivity (Wildman–Crippen MR) is 63.4 cm³/mol. The monoisotopic (exact) mass is 254 g/mol. The van der Waals surface area contributed by atoms with E-state index in [2.05, 4.69) is 0 Å². The summed E-state index contributed by atoms with van der Waals surface area (Å²) in [6.45, 7) is 2.37. The smallest absolute Gasteiger partial charge is 0.337 e. The molecule has 0 radical (unpaired) electrons. The Labute approximate surface area is 106 Å². The minimum Gasteiger partial charge on any atom is -0.471 e. The van der Waals surface area contributed by atoms with Crippen molar-refractivity contribution in [1.29, 1.82) is 0 Å². The fourth-order valence-corrected chi connectivity index (χ4v) is 2.61. The second-order valence-electron chi connectivity index (χ2n) is 4.33. The molecule has 5 heteroatoms. The molecule has 5 nitrogen and oxygen atoms in total. The van der Waals surface area contributed by atoms with Gasteiger partial charge in [-0.2, -0.15) is 0 Å². The summed E-state index contributed by atoms with van der Waals surface area (Å²) < 4.78 is 15.7. The number of carbonyl (C=O) groups excluding carboxylic acids is 1. The van der Waals surface area contributed by atoms with Gasteiger partial charge in [-0.3, -0.25) is 0 Å². The molecule has 0 fully saturated rings. The summed E-state index contributed by atoms with van der Waals surface area (Å²) in [6, 6.07) is 0. The number of allylic oxidation sites excluding steroid dienone is 1. The summed E-state index contributed by atoms with van der Waals surface area (Å²) in [7, 11) is 1.35. The minimum absolute atomic E-state index is 0.0232. The van der Waals surface area contributed by atoms with Crippen molar-refractivity contribution in [3.8, 4) is 0 Å². The van der Waals surface area contributed by atoms with Crippen LogP contribution in [0.15, 0.2) is 23.5 Å². The van der Waals surface area contributed by atoms with Gasteiger partial charge in [-0.25, -0.2) is 4.79 Å². The molecular formula is C13H18O5. The standard InChI is InChI=1S/C13H18O5/c1-3-17-13-11-8(6-14)4-5-9(11)10(7-18-13)12(15)16-2/h4,7,9,11,13-14H,3,5-6H2,1-2H3/t9-,11-,13?/m1/s1. The van der Waals surface area contributed by atoms with Crippen LogP contribution in [0.3, 0.4) is 0 Å². The predicted octanol–water partition coefficient (Wildman–Crippen LogP) is 0.991. The normalized spacial score (nSPS) is 30.1. The van der Waals surface area contributed by atoms with Crippen LogP contribution in [0.2, 0.25) is 0 Å². The molecule has 18 heavy (non-hydrogen) atoms.